The maximum absolute atomic E-state index is 12.9. The van der Waals surface area contributed by atoms with E-state index in [1.165, 1.54) is 16.9 Å². The second-order valence-electron chi connectivity index (χ2n) is 9.15. The number of carbonyl (C=O) groups is 2. The monoisotopic (exact) mass is 489 g/mol. The number of nitrogen functional groups attached to an aromatic ring is 1. The molecule has 13 heteroatoms. The van der Waals surface area contributed by atoms with Crippen LogP contribution in [-0.2, 0) is 29.4 Å². The minimum absolute atomic E-state index is 0.130. The van der Waals surface area contributed by atoms with Crippen LogP contribution in [-0.4, -0.2) is 68.6 Å². The van der Waals surface area contributed by atoms with E-state index < -0.39 is 54.5 Å². The Morgan fingerprint density at radius 3 is 2.34 bits per heavy atom. The number of ether oxygens (including phenoxy) is 3. The van der Waals surface area contributed by atoms with Gasteiger partial charge >= 0.3 is 11.9 Å². The molecule has 190 valence electrons. The molecule has 0 amide bonds. The Morgan fingerprint density at radius 1 is 1.20 bits per heavy atom. The highest BCUT2D eigenvalue weighted by atomic mass is 16.6. The molecule has 1 fully saturated rings. The number of esters is 2. The topological polar surface area (TPSA) is 214 Å². The van der Waals surface area contributed by atoms with E-state index in [1.807, 2.05) is 6.07 Å². The number of fused-ring (bicyclic) bond motifs is 1. The van der Waals surface area contributed by atoms with Crippen molar-refractivity contribution in [2.45, 2.75) is 63.7 Å². The SMILES string of the molecule is CC(C)[C@@H](N)C(=O)O[C@H]1[C@@H](OC(=O)[C@H](N)C(C)C)[C@](C#N)(c2ccc3c(N)ncnn23)O[C@@H]1CO. The maximum Gasteiger partial charge on any atom is 0.323 e. The third kappa shape index (κ3) is 4.65. The second kappa shape index (κ2) is 10.1. The van der Waals surface area contributed by atoms with Crippen LogP contribution in [0.5, 0.6) is 0 Å². The van der Waals surface area contributed by atoms with Crippen LogP contribution in [0.15, 0.2) is 18.5 Å². The highest BCUT2D eigenvalue weighted by molar-refractivity contribution is 5.77. The normalized spacial score (nSPS) is 26.0. The molecule has 3 heterocycles. The number of aliphatic hydroxyl groups excluding tert-OH is 1. The average Bonchev–Trinajstić information content (AvgIpc) is 3.39. The summed E-state index contributed by atoms with van der Waals surface area (Å²) in [7, 11) is 0. The average molecular weight is 490 g/mol. The largest absolute Gasteiger partial charge is 0.454 e. The quantitative estimate of drug-likeness (QED) is 0.336. The summed E-state index contributed by atoms with van der Waals surface area (Å²) in [6.45, 7) is 6.27. The molecule has 6 atom stereocenters. The molecule has 0 spiro atoms. The number of nitrogens with zero attached hydrogens (tertiary/aromatic N) is 4. The van der Waals surface area contributed by atoms with Crippen LogP contribution in [0.1, 0.15) is 33.4 Å². The van der Waals surface area contributed by atoms with E-state index in [-0.39, 0.29) is 23.3 Å². The first-order valence-corrected chi connectivity index (χ1v) is 11.2. The molecule has 7 N–H and O–H groups in total. The summed E-state index contributed by atoms with van der Waals surface area (Å²) < 4.78 is 18.6. The summed E-state index contributed by atoms with van der Waals surface area (Å²) >= 11 is 0. The Morgan fingerprint density at radius 2 is 1.80 bits per heavy atom. The zero-order valence-corrected chi connectivity index (χ0v) is 20.0. The predicted octanol–water partition coefficient (Wildman–Crippen LogP) is -0.788. The zero-order chi connectivity index (χ0) is 26.1. The van der Waals surface area contributed by atoms with Crippen LogP contribution in [0.25, 0.3) is 5.52 Å². The third-order valence-corrected chi connectivity index (χ3v) is 6.09. The van der Waals surface area contributed by atoms with E-state index in [0.29, 0.717) is 5.52 Å². The number of nitrogens with two attached hydrogens (primary N) is 3. The van der Waals surface area contributed by atoms with Crippen LogP contribution >= 0.6 is 0 Å². The van der Waals surface area contributed by atoms with Crippen molar-refractivity contribution in [3.8, 4) is 6.07 Å². The molecule has 2 aromatic rings. The van der Waals surface area contributed by atoms with Gasteiger partial charge in [-0.25, -0.2) is 9.50 Å². The van der Waals surface area contributed by atoms with Crippen LogP contribution in [0, 0.1) is 23.2 Å². The van der Waals surface area contributed by atoms with Crippen molar-refractivity contribution in [2.24, 2.45) is 23.3 Å². The van der Waals surface area contributed by atoms with Crippen molar-refractivity contribution in [3.63, 3.8) is 0 Å². The zero-order valence-electron chi connectivity index (χ0n) is 20.0. The first-order valence-electron chi connectivity index (χ1n) is 11.2. The Bertz CT molecular complexity index is 1130. The highest BCUT2D eigenvalue weighted by Gasteiger charge is 2.62. The van der Waals surface area contributed by atoms with Crippen molar-refractivity contribution in [2.75, 3.05) is 12.3 Å². The van der Waals surface area contributed by atoms with Crippen LogP contribution in [0.2, 0.25) is 0 Å². The number of carbonyl (C=O) groups excluding carboxylic acids is 2. The van der Waals surface area contributed by atoms with Crippen molar-refractivity contribution < 1.29 is 28.9 Å². The summed E-state index contributed by atoms with van der Waals surface area (Å²) in [6, 6.07) is 3.08. The Hall–Kier alpha value is -3.31. The Labute approximate surface area is 202 Å². The maximum atomic E-state index is 12.9. The lowest BCUT2D eigenvalue weighted by molar-refractivity contribution is -0.172. The minimum atomic E-state index is -2.04. The van der Waals surface area contributed by atoms with E-state index in [9.17, 15) is 20.0 Å². The molecule has 3 rings (SSSR count). The van der Waals surface area contributed by atoms with Gasteiger partial charge in [0, 0.05) is 0 Å². The number of rotatable bonds is 8. The second-order valence-corrected chi connectivity index (χ2v) is 9.15. The molecular weight excluding hydrogens is 458 g/mol. The van der Waals surface area contributed by atoms with Gasteiger partial charge in [0.1, 0.15) is 36.1 Å². The molecule has 0 bridgehead atoms. The van der Waals surface area contributed by atoms with Crippen LogP contribution < -0.4 is 17.2 Å². The fourth-order valence-electron chi connectivity index (χ4n) is 3.78. The van der Waals surface area contributed by atoms with Crippen molar-refractivity contribution >= 4 is 23.3 Å². The van der Waals surface area contributed by atoms with Gasteiger partial charge in [-0.3, -0.25) is 9.59 Å². The Kier molecular flexibility index (Phi) is 7.61. The molecule has 0 radical (unpaired) electrons. The number of hydrogen-bond acceptors (Lipinski definition) is 12. The number of aromatic nitrogens is 3. The predicted molar refractivity (Wildman–Crippen MR) is 122 cm³/mol. The smallest absolute Gasteiger partial charge is 0.323 e. The number of aliphatic hydroxyl groups is 1. The van der Waals surface area contributed by atoms with E-state index in [4.69, 9.17) is 31.4 Å². The van der Waals surface area contributed by atoms with Crippen molar-refractivity contribution in [1.82, 2.24) is 14.6 Å². The highest BCUT2D eigenvalue weighted by Crippen LogP contribution is 2.43. The van der Waals surface area contributed by atoms with Gasteiger partial charge < -0.3 is 36.5 Å². The molecule has 0 aliphatic carbocycles. The summed E-state index contributed by atoms with van der Waals surface area (Å²) in [5, 5.41) is 24.6. The summed E-state index contributed by atoms with van der Waals surface area (Å²) in [5.74, 6) is -2.05. The van der Waals surface area contributed by atoms with Gasteiger partial charge in [0.05, 0.1) is 12.3 Å². The van der Waals surface area contributed by atoms with Gasteiger partial charge in [0.2, 0.25) is 5.60 Å². The lowest BCUT2D eigenvalue weighted by atomic mass is 9.91. The third-order valence-electron chi connectivity index (χ3n) is 6.09. The molecule has 2 aromatic heterocycles. The molecule has 0 saturated carbocycles. The number of anilines is 1. The van der Waals surface area contributed by atoms with E-state index in [2.05, 4.69) is 10.1 Å². The van der Waals surface area contributed by atoms with Gasteiger partial charge in [0.15, 0.2) is 18.0 Å². The lowest BCUT2D eigenvalue weighted by Crippen LogP contribution is -2.51. The van der Waals surface area contributed by atoms with Gasteiger partial charge in [-0.2, -0.15) is 10.4 Å². The summed E-state index contributed by atoms with van der Waals surface area (Å²) in [6.07, 6.45) is -2.93. The van der Waals surface area contributed by atoms with Gasteiger partial charge in [-0.1, -0.05) is 27.7 Å². The molecule has 0 aromatic carbocycles. The minimum Gasteiger partial charge on any atom is -0.454 e. The number of hydrogen-bond donors (Lipinski definition) is 4. The molecule has 0 unspecified atom stereocenters. The molecule has 13 nitrogen and oxygen atoms in total. The van der Waals surface area contributed by atoms with Crippen molar-refractivity contribution in [1.29, 1.82) is 5.26 Å². The van der Waals surface area contributed by atoms with E-state index >= 15 is 0 Å². The van der Waals surface area contributed by atoms with Gasteiger partial charge in [-0.15, -0.1) is 0 Å². The van der Waals surface area contributed by atoms with E-state index in [1.54, 1.807) is 33.8 Å². The molecule has 1 aliphatic heterocycles. The van der Waals surface area contributed by atoms with Gasteiger partial charge in [-0.05, 0) is 24.0 Å². The van der Waals surface area contributed by atoms with Gasteiger partial charge in [0.25, 0.3) is 0 Å². The first-order chi connectivity index (χ1) is 16.5. The Balaban J connectivity index is 2.15. The first kappa shape index (κ1) is 26.3. The lowest BCUT2D eigenvalue weighted by Gasteiger charge is -2.30. The fourth-order valence-corrected chi connectivity index (χ4v) is 3.78. The van der Waals surface area contributed by atoms with Crippen LogP contribution in [0.3, 0.4) is 0 Å². The standard InChI is InChI=1S/C22H31N7O6/c1-10(2)15(24)20(31)33-17-13(7-30)35-22(8-23,18(17)34-21(32)16(25)11(3)4)14-6-5-12-19(26)27-9-28-29(12)14/h5-6,9-11,13,15-18,30H,7,24-25H2,1-4H3,(H2,26,27,28)/t13-,15-,16-,17-,18-,22+/m1/s1. The van der Waals surface area contributed by atoms with E-state index in [0.717, 1.165) is 0 Å². The molecule has 35 heavy (non-hydrogen) atoms. The van der Waals surface area contributed by atoms with Crippen LogP contribution in [0.4, 0.5) is 5.82 Å². The van der Waals surface area contributed by atoms with Crippen molar-refractivity contribution in [3.05, 3.63) is 24.2 Å². The fraction of sp³-hybridized carbons (Fsp3) is 0.591. The summed E-state index contributed by atoms with van der Waals surface area (Å²) in [4.78, 5) is 29.6. The molecule has 1 aliphatic rings. The molecule has 1 saturated heterocycles. The molecular formula is C22H31N7O6. The summed E-state index contributed by atoms with van der Waals surface area (Å²) in [5.41, 5.74) is 16.3. The number of nitriles is 1.